The molecule has 1 heteroatoms. The number of ether oxygens (including phenoxy) is 1. The van der Waals surface area contributed by atoms with Crippen molar-refractivity contribution in [2.24, 2.45) is 5.92 Å². The van der Waals surface area contributed by atoms with Crippen LogP contribution in [0.2, 0.25) is 0 Å². The quantitative estimate of drug-likeness (QED) is 0.632. The number of hydrogen-bond donors (Lipinski definition) is 0. The minimum absolute atomic E-state index is 0.460. The third-order valence-corrected chi connectivity index (χ3v) is 5.36. The van der Waals surface area contributed by atoms with Crippen molar-refractivity contribution >= 4 is 0 Å². The SMILES string of the molecule is Cc1ccc(CCC2CCC(OCc3ccc(C)cc3)CC2)cc1. The molecule has 1 aliphatic rings. The van der Waals surface area contributed by atoms with Gasteiger partial charge in [-0.25, -0.2) is 0 Å². The zero-order chi connectivity index (χ0) is 16.8. The minimum atomic E-state index is 0.460. The smallest absolute Gasteiger partial charge is 0.0720 e. The lowest BCUT2D eigenvalue weighted by molar-refractivity contribution is 0.00641. The predicted octanol–water partition coefficient (Wildman–Crippen LogP) is 6.01. The van der Waals surface area contributed by atoms with Crippen LogP contribution in [-0.2, 0) is 17.8 Å². The van der Waals surface area contributed by atoms with E-state index in [0.29, 0.717) is 6.10 Å². The highest BCUT2D eigenvalue weighted by atomic mass is 16.5. The summed E-state index contributed by atoms with van der Waals surface area (Å²) in [7, 11) is 0. The molecule has 0 N–H and O–H groups in total. The normalized spacial score (nSPS) is 20.9. The van der Waals surface area contributed by atoms with Gasteiger partial charge in [-0.2, -0.15) is 0 Å². The maximum absolute atomic E-state index is 6.13. The van der Waals surface area contributed by atoms with E-state index >= 15 is 0 Å². The molecule has 24 heavy (non-hydrogen) atoms. The number of aryl methyl sites for hydroxylation is 3. The Labute approximate surface area is 147 Å². The van der Waals surface area contributed by atoms with Gasteiger partial charge < -0.3 is 4.74 Å². The van der Waals surface area contributed by atoms with Crippen molar-refractivity contribution in [3.8, 4) is 0 Å². The maximum Gasteiger partial charge on any atom is 0.0720 e. The predicted molar refractivity (Wildman–Crippen MR) is 101 cm³/mol. The Morgan fingerprint density at radius 3 is 1.88 bits per heavy atom. The van der Waals surface area contributed by atoms with Crippen LogP contribution < -0.4 is 0 Å². The second-order valence-corrected chi connectivity index (χ2v) is 7.46. The summed E-state index contributed by atoms with van der Waals surface area (Å²) in [5.41, 5.74) is 5.44. The fraction of sp³-hybridized carbons (Fsp3) is 0.478. The molecular formula is C23H30O. The molecule has 1 saturated carbocycles. The van der Waals surface area contributed by atoms with Gasteiger partial charge in [0.25, 0.3) is 0 Å². The van der Waals surface area contributed by atoms with Crippen LogP contribution in [0.1, 0.15) is 54.4 Å². The topological polar surface area (TPSA) is 9.23 Å². The molecular weight excluding hydrogens is 292 g/mol. The first-order valence-corrected chi connectivity index (χ1v) is 9.42. The van der Waals surface area contributed by atoms with Crippen molar-refractivity contribution in [3.63, 3.8) is 0 Å². The Balaban J connectivity index is 1.36. The monoisotopic (exact) mass is 322 g/mol. The zero-order valence-corrected chi connectivity index (χ0v) is 15.1. The van der Waals surface area contributed by atoms with E-state index in [2.05, 4.69) is 62.4 Å². The summed E-state index contributed by atoms with van der Waals surface area (Å²) in [5, 5.41) is 0. The fourth-order valence-electron chi connectivity index (χ4n) is 3.61. The summed E-state index contributed by atoms with van der Waals surface area (Å²) in [6.07, 6.45) is 8.11. The van der Waals surface area contributed by atoms with Crippen molar-refractivity contribution in [2.45, 2.75) is 65.1 Å². The lowest BCUT2D eigenvalue weighted by Crippen LogP contribution is -2.22. The van der Waals surface area contributed by atoms with E-state index in [-0.39, 0.29) is 0 Å². The van der Waals surface area contributed by atoms with Crippen LogP contribution in [0.25, 0.3) is 0 Å². The second kappa shape index (κ2) is 8.48. The molecule has 0 aliphatic heterocycles. The standard InChI is InChI=1S/C23H30O/c1-18-3-7-20(8-4-18)11-12-21-13-15-23(16-14-21)24-17-22-9-5-19(2)6-10-22/h3-10,21,23H,11-17H2,1-2H3. The molecule has 0 radical (unpaired) electrons. The van der Waals surface area contributed by atoms with Crippen LogP contribution >= 0.6 is 0 Å². The molecule has 0 amide bonds. The average molecular weight is 322 g/mol. The van der Waals surface area contributed by atoms with E-state index in [0.717, 1.165) is 12.5 Å². The van der Waals surface area contributed by atoms with Gasteiger partial charge in [-0.1, -0.05) is 59.7 Å². The molecule has 2 aromatic rings. The first-order chi connectivity index (χ1) is 11.7. The van der Waals surface area contributed by atoms with Gasteiger partial charge >= 0.3 is 0 Å². The summed E-state index contributed by atoms with van der Waals surface area (Å²) in [4.78, 5) is 0. The summed E-state index contributed by atoms with van der Waals surface area (Å²) < 4.78 is 6.13. The van der Waals surface area contributed by atoms with Gasteiger partial charge in [0.2, 0.25) is 0 Å². The molecule has 1 nitrogen and oxygen atoms in total. The third kappa shape index (κ3) is 5.21. The summed E-state index contributed by atoms with van der Waals surface area (Å²) >= 11 is 0. The van der Waals surface area contributed by atoms with Crippen molar-refractivity contribution in [1.82, 2.24) is 0 Å². The number of rotatable bonds is 6. The lowest BCUT2D eigenvalue weighted by atomic mass is 9.83. The van der Waals surface area contributed by atoms with Crippen molar-refractivity contribution in [2.75, 3.05) is 0 Å². The van der Waals surface area contributed by atoms with Crippen LogP contribution in [0.3, 0.4) is 0 Å². The molecule has 0 atom stereocenters. The van der Waals surface area contributed by atoms with Crippen LogP contribution in [0.4, 0.5) is 0 Å². The van der Waals surface area contributed by atoms with Gasteiger partial charge in [0.05, 0.1) is 12.7 Å². The zero-order valence-electron chi connectivity index (χ0n) is 15.1. The van der Waals surface area contributed by atoms with E-state index < -0.39 is 0 Å². The molecule has 1 aliphatic carbocycles. The molecule has 3 rings (SSSR count). The highest BCUT2D eigenvalue weighted by Crippen LogP contribution is 2.30. The Hall–Kier alpha value is -1.60. The molecule has 0 heterocycles. The van der Waals surface area contributed by atoms with Crippen LogP contribution in [0.15, 0.2) is 48.5 Å². The molecule has 0 bridgehead atoms. The van der Waals surface area contributed by atoms with Crippen LogP contribution in [0.5, 0.6) is 0 Å². The highest BCUT2D eigenvalue weighted by Gasteiger charge is 2.21. The fourth-order valence-corrected chi connectivity index (χ4v) is 3.61. The molecule has 0 saturated heterocycles. The highest BCUT2D eigenvalue weighted by molar-refractivity contribution is 5.21. The molecule has 1 fully saturated rings. The number of hydrogen-bond acceptors (Lipinski definition) is 1. The summed E-state index contributed by atoms with van der Waals surface area (Å²) in [5.74, 6) is 0.880. The summed E-state index contributed by atoms with van der Waals surface area (Å²) in [6, 6.07) is 17.7. The minimum Gasteiger partial charge on any atom is -0.374 e. The van der Waals surface area contributed by atoms with Gasteiger partial charge in [-0.05, 0) is 69.4 Å². The van der Waals surface area contributed by atoms with Gasteiger partial charge in [0.15, 0.2) is 0 Å². The molecule has 0 spiro atoms. The average Bonchev–Trinajstić information content (AvgIpc) is 2.62. The number of benzene rings is 2. The van der Waals surface area contributed by atoms with Crippen molar-refractivity contribution in [1.29, 1.82) is 0 Å². The second-order valence-electron chi connectivity index (χ2n) is 7.46. The first-order valence-electron chi connectivity index (χ1n) is 9.42. The first kappa shape index (κ1) is 17.2. The van der Waals surface area contributed by atoms with Gasteiger partial charge in [0.1, 0.15) is 0 Å². The molecule has 2 aromatic carbocycles. The summed E-state index contributed by atoms with van der Waals surface area (Å²) in [6.45, 7) is 5.04. The van der Waals surface area contributed by atoms with Crippen molar-refractivity contribution in [3.05, 3.63) is 70.8 Å². The van der Waals surface area contributed by atoms with E-state index in [1.54, 1.807) is 0 Å². The third-order valence-electron chi connectivity index (χ3n) is 5.36. The molecule has 0 unspecified atom stereocenters. The molecule has 128 valence electrons. The van der Waals surface area contributed by atoms with E-state index in [1.807, 2.05) is 0 Å². The lowest BCUT2D eigenvalue weighted by Gasteiger charge is -2.28. The van der Waals surface area contributed by atoms with Gasteiger partial charge in [-0.15, -0.1) is 0 Å². The molecule has 0 aromatic heterocycles. The van der Waals surface area contributed by atoms with E-state index in [4.69, 9.17) is 4.74 Å². The van der Waals surface area contributed by atoms with Crippen LogP contribution in [0, 0.1) is 19.8 Å². The van der Waals surface area contributed by atoms with Gasteiger partial charge in [-0.3, -0.25) is 0 Å². The van der Waals surface area contributed by atoms with Gasteiger partial charge in [0, 0.05) is 0 Å². The van der Waals surface area contributed by atoms with Crippen molar-refractivity contribution < 1.29 is 4.74 Å². The van der Waals surface area contributed by atoms with Crippen LogP contribution in [-0.4, -0.2) is 6.10 Å². The Morgan fingerprint density at radius 2 is 1.29 bits per heavy atom. The van der Waals surface area contributed by atoms with E-state index in [1.165, 1.54) is 60.8 Å². The maximum atomic E-state index is 6.13. The Kier molecular flexibility index (Phi) is 6.09. The Bertz CT molecular complexity index is 546. The van der Waals surface area contributed by atoms with E-state index in [9.17, 15) is 0 Å². The Morgan fingerprint density at radius 1 is 0.750 bits per heavy atom. The largest absolute Gasteiger partial charge is 0.374 e.